The number of hydrogen-bond donors (Lipinski definition) is 2. The van der Waals surface area contributed by atoms with Gasteiger partial charge in [0, 0.05) is 13.1 Å². The van der Waals surface area contributed by atoms with Crippen LogP contribution < -0.4 is 5.73 Å². The van der Waals surface area contributed by atoms with Crippen LogP contribution in [0.2, 0.25) is 0 Å². The molecule has 0 aromatic carbocycles. The number of nitriles is 1. The van der Waals surface area contributed by atoms with E-state index in [1.165, 1.54) is 0 Å². The number of halogens is 3. The Balaban J connectivity index is 0.000000360. The molecule has 1 rings (SSSR count). The van der Waals surface area contributed by atoms with Gasteiger partial charge in [-0.1, -0.05) is 0 Å². The summed E-state index contributed by atoms with van der Waals surface area (Å²) in [7, 11) is 0. The van der Waals surface area contributed by atoms with E-state index in [1.54, 1.807) is 11.8 Å². The number of hydrogen-bond acceptors (Lipinski definition) is 4. The highest BCUT2D eigenvalue weighted by molar-refractivity contribution is 5.82. The van der Waals surface area contributed by atoms with E-state index >= 15 is 0 Å². The molecule has 102 valence electrons. The first-order valence-corrected chi connectivity index (χ1v) is 4.83. The quantitative estimate of drug-likeness (QED) is 0.692. The summed E-state index contributed by atoms with van der Waals surface area (Å²) < 4.78 is 31.7. The number of nitrogens with zero attached hydrogens (tertiary/aromatic N) is 2. The minimum Gasteiger partial charge on any atom is -0.475 e. The molecule has 0 saturated carbocycles. The van der Waals surface area contributed by atoms with Gasteiger partial charge >= 0.3 is 12.1 Å². The third-order valence-corrected chi connectivity index (χ3v) is 2.01. The zero-order valence-corrected chi connectivity index (χ0v) is 9.44. The smallest absolute Gasteiger partial charge is 0.475 e. The maximum Gasteiger partial charge on any atom is 0.490 e. The second kappa shape index (κ2) is 6.20. The number of amides is 1. The van der Waals surface area contributed by atoms with E-state index in [2.05, 4.69) is 6.07 Å². The third kappa shape index (κ3) is 5.01. The van der Waals surface area contributed by atoms with Crippen molar-refractivity contribution in [2.75, 3.05) is 13.1 Å². The molecule has 0 radical (unpaired) electrons. The highest BCUT2D eigenvalue weighted by Gasteiger charge is 2.38. The summed E-state index contributed by atoms with van der Waals surface area (Å²) in [6.45, 7) is 2.76. The van der Waals surface area contributed by atoms with Crippen LogP contribution in [0, 0.1) is 17.2 Å². The van der Waals surface area contributed by atoms with E-state index in [0.29, 0.717) is 13.1 Å². The van der Waals surface area contributed by atoms with Crippen molar-refractivity contribution in [2.24, 2.45) is 11.7 Å². The summed E-state index contributed by atoms with van der Waals surface area (Å²) in [6, 6.07) is 1.65. The lowest BCUT2D eigenvalue weighted by molar-refractivity contribution is -0.192. The average Bonchev–Trinajstić information content (AvgIpc) is 2.15. The fourth-order valence-corrected chi connectivity index (χ4v) is 1.03. The fourth-order valence-electron chi connectivity index (χ4n) is 1.03. The molecule has 18 heavy (non-hydrogen) atoms. The maximum absolute atomic E-state index is 11.1. The van der Waals surface area contributed by atoms with E-state index < -0.39 is 18.2 Å². The first-order chi connectivity index (χ1) is 8.09. The van der Waals surface area contributed by atoms with Gasteiger partial charge in [0.25, 0.3) is 0 Å². The van der Waals surface area contributed by atoms with Crippen molar-refractivity contribution in [3.05, 3.63) is 0 Å². The van der Waals surface area contributed by atoms with Gasteiger partial charge in [-0.25, -0.2) is 4.79 Å². The molecular formula is C9H12F3N3O3. The van der Waals surface area contributed by atoms with Gasteiger partial charge in [0.15, 0.2) is 0 Å². The Kier molecular flexibility index (Phi) is 5.58. The number of alkyl halides is 3. The number of likely N-dealkylation sites (tertiary alicyclic amines) is 1. The molecule has 1 heterocycles. The maximum atomic E-state index is 11.1. The second-order valence-electron chi connectivity index (χ2n) is 3.66. The summed E-state index contributed by atoms with van der Waals surface area (Å²) in [5, 5.41) is 15.5. The normalized spacial score (nSPS) is 16.8. The fraction of sp³-hybridized carbons (Fsp3) is 0.667. The molecule has 0 aromatic rings. The summed E-state index contributed by atoms with van der Waals surface area (Å²) in [4.78, 5) is 21.6. The van der Waals surface area contributed by atoms with Gasteiger partial charge in [0.2, 0.25) is 5.91 Å². The number of carboxylic acids is 1. The predicted octanol–water partition coefficient (Wildman–Crippen LogP) is -0.0511. The van der Waals surface area contributed by atoms with Crippen molar-refractivity contribution in [3.8, 4) is 6.07 Å². The summed E-state index contributed by atoms with van der Waals surface area (Å²) in [5.74, 6) is -2.79. The molecule has 9 heteroatoms. The molecule has 6 nitrogen and oxygen atoms in total. The number of carbonyl (C=O) groups is 2. The molecule has 1 fully saturated rings. The zero-order valence-electron chi connectivity index (χ0n) is 9.44. The number of carboxylic acid groups (broad SMARTS) is 1. The Labute approximate surface area is 101 Å². The summed E-state index contributed by atoms with van der Waals surface area (Å²) in [5.41, 5.74) is 5.36. The second-order valence-corrected chi connectivity index (χ2v) is 3.66. The summed E-state index contributed by atoms with van der Waals surface area (Å²) in [6.07, 6.45) is -5.08. The largest absolute Gasteiger partial charge is 0.490 e. The van der Waals surface area contributed by atoms with Crippen molar-refractivity contribution in [3.63, 3.8) is 0 Å². The topological polar surface area (TPSA) is 107 Å². The van der Waals surface area contributed by atoms with Crippen LogP contribution in [0.15, 0.2) is 0 Å². The minimum absolute atomic E-state index is 0.0256. The van der Waals surface area contributed by atoms with Crippen molar-refractivity contribution < 1.29 is 27.9 Å². The molecule has 1 aliphatic rings. The average molecular weight is 267 g/mol. The Morgan fingerprint density at radius 1 is 1.50 bits per heavy atom. The first kappa shape index (κ1) is 16.2. The number of aliphatic carboxylic acids is 1. The van der Waals surface area contributed by atoms with Gasteiger partial charge in [0.1, 0.15) is 0 Å². The monoisotopic (exact) mass is 267 g/mol. The van der Waals surface area contributed by atoms with Crippen molar-refractivity contribution in [1.29, 1.82) is 5.26 Å². The lowest BCUT2D eigenvalue weighted by Gasteiger charge is -2.36. The van der Waals surface area contributed by atoms with Crippen molar-refractivity contribution in [1.82, 2.24) is 4.90 Å². The van der Waals surface area contributed by atoms with Crippen molar-refractivity contribution >= 4 is 11.9 Å². The molecule has 0 spiro atoms. The molecule has 1 amide bonds. The molecule has 1 saturated heterocycles. The van der Waals surface area contributed by atoms with Crippen LogP contribution in [0.4, 0.5) is 13.2 Å². The third-order valence-electron chi connectivity index (χ3n) is 2.01. The van der Waals surface area contributed by atoms with Gasteiger partial charge in [-0.15, -0.1) is 0 Å². The molecule has 0 aromatic heterocycles. The Hall–Kier alpha value is -1.82. The molecule has 0 aliphatic carbocycles. The Morgan fingerprint density at radius 2 is 1.89 bits per heavy atom. The Morgan fingerprint density at radius 3 is 2.11 bits per heavy atom. The van der Waals surface area contributed by atoms with Gasteiger partial charge in [-0.05, 0) is 6.92 Å². The van der Waals surface area contributed by atoms with Crippen LogP contribution in [0.1, 0.15) is 6.92 Å². The highest BCUT2D eigenvalue weighted by atomic mass is 19.4. The van der Waals surface area contributed by atoms with Crippen LogP contribution in [-0.4, -0.2) is 47.2 Å². The van der Waals surface area contributed by atoms with E-state index in [0.717, 1.165) is 0 Å². The van der Waals surface area contributed by atoms with E-state index in [1.807, 2.05) is 0 Å². The summed E-state index contributed by atoms with van der Waals surface area (Å²) >= 11 is 0. The van der Waals surface area contributed by atoms with Crippen LogP contribution >= 0.6 is 0 Å². The molecule has 1 aliphatic heterocycles. The van der Waals surface area contributed by atoms with Gasteiger partial charge in [-0.2, -0.15) is 18.4 Å². The lowest BCUT2D eigenvalue weighted by atomic mass is 10.0. The van der Waals surface area contributed by atoms with E-state index in [9.17, 15) is 18.0 Å². The van der Waals surface area contributed by atoms with Crippen LogP contribution in [0.3, 0.4) is 0 Å². The minimum atomic E-state index is -5.08. The number of nitrogens with two attached hydrogens (primary N) is 1. The van der Waals surface area contributed by atoms with Gasteiger partial charge in [0.05, 0.1) is 18.0 Å². The highest BCUT2D eigenvalue weighted by Crippen LogP contribution is 2.14. The molecular weight excluding hydrogens is 255 g/mol. The van der Waals surface area contributed by atoms with Gasteiger partial charge < -0.3 is 15.7 Å². The van der Waals surface area contributed by atoms with Crippen LogP contribution in [-0.2, 0) is 9.59 Å². The Bertz CT molecular complexity index is 356. The standard InChI is InChI=1S/C7H11N3O.C2HF3O2/c1-5(9)7(11)10-3-6(2-8)4-10;3-2(4,5)1(6)7/h5-6H,3-4,9H2,1H3;(H,6,7)/t5-;/m1./s1. The van der Waals surface area contributed by atoms with Crippen molar-refractivity contribution in [2.45, 2.75) is 19.1 Å². The number of carbonyl (C=O) groups excluding carboxylic acids is 1. The molecule has 0 unspecified atom stereocenters. The van der Waals surface area contributed by atoms with Crippen LogP contribution in [0.25, 0.3) is 0 Å². The molecule has 0 bridgehead atoms. The molecule has 3 N–H and O–H groups in total. The molecule has 1 atom stereocenters. The first-order valence-electron chi connectivity index (χ1n) is 4.83. The number of rotatable bonds is 1. The SMILES string of the molecule is C[C@@H](N)C(=O)N1CC(C#N)C1.O=C(O)C(F)(F)F. The predicted molar refractivity (Wildman–Crippen MR) is 53.0 cm³/mol. The van der Waals surface area contributed by atoms with E-state index in [4.69, 9.17) is 20.9 Å². The zero-order chi connectivity index (χ0) is 14.5. The lowest BCUT2D eigenvalue weighted by Crippen LogP contribution is -2.54. The van der Waals surface area contributed by atoms with Crippen LogP contribution in [0.5, 0.6) is 0 Å². The van der Waals surface area contributed by atoms with Gasteiger partial charge in [-0.3, -0.25) is 4.79 Å². The van der Waals surface area contributed by atoms with E-state index in [-0.39, 0.29) is 11.8 Å².